The van der Waals surface area contributed by atoms with Crippen LogP contribution in [-0.4, -0.2) is 22.7 Å². The second-order valence-corrected chi connectivity index (χ2v) is 7.97. The topological polar surface area (TPSA) is 42.0 Å². The lowest BCUT2D eigenvalue weighted by atomic mass is 10.2. The third-order valence-corrected chi connectivity index (χ3v) is 6.03. The fraction of sp³-hybridized carbons (Fsp3) is 0.500. The first-order valence-corrected chi connectivity index (χ1v) is 9.30. The summed E-state index contributed by atoms with van der Waals surface area (Å²) in [5.41, 5.74) is 1.07. The van der Waals surface area contributed by atoms with Crippen molar-refractivity contribution in [1.82, 2.24) is 10.3 Å². The Morgan fingerprint density at radius 2 is 2.29 bits per heavy atom. The number of para-hydroxylation sites is 1. The largest absolute Gasteiger partial charge is 0.353 e. The molecule has 21 heavy (non-hydrogen) atoms. The highest BCUT2D eigenvalue weighted by atomic mass is 32.2. The molecule has 5 heteroatoms. The molecule has 1 heterocycles. The van der Waals surface area contributed by atoms with Crippen LogP contribution in [0.3, 0.4) is 0 Å². The molecule has 0 aliphatic heterocycles. The van der Waals surface area contributed by atoms with E-state index in [0.717, 1.165) is 27.9 Å². The van der Waals surface area contributed by atoms with E-state index in [4.69, 9.17) is 0 Å². The van der Waals surface area contributed by atoms with Crippen molar-refractivity contribution in [1.29, 1.82) is 0 Å². The van der Waals surface area contributed by atoms with Gasteiger partial charge in [-0.1, -0.05) is 23.9 Å². The van der Waals surface area contributed by atoms with Gasteiger partial charge in [0.15, 0.2) is 4.34 Å². The van der Waals surface area contributed by atoms with Crippen molar-refractivity contribution >= 4 is 39.2 Å². The number of amides is 1. The Labute approximate surface area is 133 Å². The third kappa shape index (κ3) is 4.20. The Morgan fingerprint density at radius 3 is 3.05 bits per heavy atom. The lowest BCUT2D eigenvalue weighted by molar-refractivity contribution is -0.121. The van der Waals surface area contributed by atoms with E-state index in [0.29, 0.717) is 12.5 Å². The fourth-order valence-corrected chi connectivity index (χ4v) is 4.42. The average Bonchev–Trinajstić information content (AvgIpc) is 3.23. The first-order valence-electron chi connectivity index (χ1n) is 7.50. The highest BCUT2D eigenvalue weighted by Crippen LogP contribution is 2.32. The molecular weight excluding hydrogens is 300 g/mol. The minimum absolute atomic E-state index is 0.194. The van der Waals surface area contributed by atoms with Gasteiger partial charge in [-0.15, -0.1) is 11.3 Å². The number of hydrogen-bond acceptors (Lipinski definition) is 4. The van der Waals surface area contributed by atoms with Crippen molar-refractivity contribution in [2.75, 3.05) is 5.75 Å². The fourth-order valence-electron chi connectivity index (χ4n) is 2.35. The molecule has 1 aliphatic rings. The van der Waals surface area contributed by atoms with Crippen LogP contribution in [0.25, 0.3) is 10.2 Å². The summed E-state index contributed by atoms with van der Waals surface area (Å²) in [5.74, 6) is 1.87. The zero-order chi connectivity index (χ0) is 14.7. The second-order valence-electron chi connectivity index (χ2n) is 5.59. The molecular formula is C16H20N2OS2. The van der Waals surface area contributed by atoms with Gasteiger partial charge in [0.25, 0.3) is 0 Å². The lowest BCUT2D eigenvalue weighted by Crippen LogP contribution is -2.33. The molecule has 1 aromatic heterocycles. The number of benzene rings is 1. The van der Waals surface area contributed by atoms with Gasteiger partial charge in [-0.2, -0.15) is 0 Å². The number of aromatic nitrogens is 1. The van der Waals surface area contributed by atoms with E-state index in [1.165, 1.54) is 17.5 Å². The number of hydrogen-bond donors (Lipinski definition) is 1. The summed E-state index contributed by atoms with van der Waals surface area (Å²) >= 11 is 3.48. The summed E-state index contributed by atoms with van der Waals surface area (Å²) < 4.78 is 2.33. The van der Waals surface area contributed by atoms with Crippen LogP contribution in [0.15, 0.2) is 28.6 Å². The monoisotopic (exact) mass is 320 g/mol. The van der Waals surface area contributed by atoms with Gasteiger partial charge in [0.2, 0.25) is 5.91 Å². The van der Waals surface area contributed by atoms with Crippen LogP contribution >= 0.6 is 23.1 Å². The molecule has 1 atom stereocenters. The number of carbonyl (C=O) groups is 1. The molecule has 1 fully saturated rings. The van der Waals surface area contributed by atoms with E-state index < -0.39 is 0 Å². The Balaban J connectivity index is 1.38. The Bertz CT molecular complexity index is 589. The number of thioether (sulfide) groups is 1. The molecule has 3 nitrogen and oxygen atoms in total. The van der Waals surface area contributed by atoms with Crippen molar-refractivity contribution < 1.29 is 4.79 Å². The maximum Gasteiger partial charge on any atom is 0.220 e. The molecule has 2 aromatic rings. The van der Waals surface area contributed by atoms with Crippen LogP contribution in [0.1, 0.15) is 32.6 Å². The van der Waals surface area contributed by atoms with Crippen molar-refractivity contribution in [3.63, 3.8) is 0 Å². The molecule has 1 aromatic carbocycles. The molecule has 1 saturated carbocycles. The molecule has 0 radical (unpaired) electrons. The van der Waals surface area contributed by atoms with E-state index in [1.54, 1.807) is 23.1 Å². The number of thiazole rings is 1. The zero-order valence-electron chi connectivity index (χ0n) is 12.2. The van der Waals surface area contributed by atoms with Gasteiger partial charge in [0.05, 0.1) is 10.2 Å². The van der Waals surface area contributed by atoms with Gasteiger partial charge in [0.1, 0.15) is 0 Å². The maximum absolute atomic E-state index is 11.8. The van der Waals surface area contributed by atoms with Crippen LogP contribution < -0.4 is 5.32 Å². The second kappa shape index (κ2) is 6.79. The number of nitrogens with zero attached hydrogens (tertiary/aromatic N) is 1. The predicted octanol–water partition coefficient (Wildman–Crippen LogP) is 4.08. The van der Waals surface area contributed by atoms with E-state index in [9.17, 15) is 4.79 Å². The van der Waals surface area contributed by atoms with Gasteiger partial charge in [-0.05, 0) is 44.2 Å². The quantitative estimate of drug-likeness (QED) is 0.617. The van der Waals surface area contributed by atoms with Crippen molar-refractivity contribution in [3.05, 3.63) is 24.3 Å². The Hall–Kier alpha value is -1.07. The summed E-state index contributed by atoms with van der Waals surface area (Å²) in [4.78, 5) is 16.4. The van der Waals surface area contributed by atoms with Crippen molar-refractivity contribution in [2.45, 2.75) is 43.0 Å². The van der Waals surface area contributed by atoms with Crippen LogP contribution in [0.5, 0.6) is 0 Å². The van der Waals surface area contributed by atoms with Crippen molar-refractivity contribution in [2.24, 2.45) is 5.92 Å². The molecule has 1 aliphatic carbocycles. The van der Waals surface area contributed by atoms with Crippen molar-refractivity contribution in [3.8, 4) is 0 Å². The summed E-state index contributed by atoms with van der Waals surface area (Å²) in [7, 11) is 0. The van der Waals surface area contributed by atoms with Gasteiger partial charge in [-0.3, -0.25) is 4.79 Å². The minimum Gasteiger partial charge on any atom is -0.353 e. The third-order valence-electron chi connectivity index (χ3n) is 3.77. The minimum atomic E-state index is 0.194. The zero-order valence-corrected chi connectivity index (χ0v) is 13.8. The number of rotatable bonds is 7. The smallest absolute Gasteiger partial charge is 0.220 e. The van der Waals surface area contributed by atoms with Crippen LogP contribution in [0.2, 0.25) is 0 Å². The number of fused-ring (bicyclic) bond motifs is 1. The Kier molecular flexibility index (Phi) is 4.80. The van der Waals surface area contributed by atoms with E-state index in [1.807, 2.05) is 18.2 Å². The molecule has 112 valence electrons. The molecule has 1 unspecified atom stereocenters. The normalized spacial score (nSPS) is 16.0. The van der Waals surface area contributed by atoms with E-state index in [-0.39, 0.29) is 5.91 Å². The van der Waals surface area contributed by atoms with Gasteiger partial charge < -0.3 is 5.32 Å². The van der Waals surface area contributed by atoms with Crippen LogP contribution in [0, 0.1) is 5.92 Å². The standard InChI is InChI=1S/C16H20N2OS2/c1-11(12-8-9-12)17-15(19)7-4-10-20-16-18-13-5-2-3-6-14(13)21-16/h2-3,5-6,11-12H,4,7-10H2,1H3,(H,17,19). The molecule has 1 amide bonds. The van der Waals surface area contributed by atoms with Gasteiger partial charge in [-0.25, -0.2) is 4.98 Å². The van der Waals surface area contributed by atoms with E-state index in [2.05, 4.69) is 23.3 Å². The van der Waals surface area contributed by atoms with Gasteiger partial charge >= 0.3 is 0 Å². The molecule has 0 spiro atoms. The highest BCUT2D eigenvalue weighted by Gasteiger charge is 2.28. The lowest BCUT2D eigenvalue weighted by Gasteiger charge is -2.12. The molecule has 3 rings (SSSR count). The number of carbonyl (C=O) groups excluding carboxylic acids is 1. The SMILES string of the molecule is CC(NC(=O)CCCSc1nc2ccccc2s1)C1CC1. The first-order chi connectivity index (χ1) is 10.2. The highest BCUT2D eigenvalue weighted by molar-refractivity contribution is 8.01. The molecule has 0 saturated heterocycles. The molecule has 0 bridgehead atoms. The summed E-state index contributed by atoms with van der Waals surface area (Å²) in [6, 6.07) is 8.56. The predicted molar refractivity (Wildman–Crippen MR) is 89.9 cm³/mol. The summed E-state index contributed by atoms with van der Waals surface area (Å²) in [5, 5.41) is 3.10. The maximum atomic E-state index is 11.8. The van der Waals surface area contributed by atoms with Crippen LogP contribution in [-0.2, 0) is 4.79 Å². The van der Waals surface area contributed by atoms with Crippen LogP contribution in [0.4, 0.5) is 0 Å². The number of nitrogens with one attached hydrogen (secondary N) is 1. The molecule has 1 N–H and O–H groups in total. The summed E-state index contributed by atoms with van der Waals surface area (Å²) in [6.07, 6.45) is 4.07. The van der Waals surface area contributed by atoms with E-state index >= 15 is 0 Å². The average molecular weight is 320 g/mol. The van der Waals surface area contributed by atoms with Gasteiger partial charge in [0, 0.05) is 18.2 Å². The Morgan fingerprint density at radius 1 is 1.48 bits per heavy atom. The summed E-state index contributed by atoms with van der Waals surface area (Å²) in [6.45, 7) is 2.12. The first kappa shape index (κ1) is 14.9.